The van der Waals surface area contributed by atoms with Gasteiger partial charge in [-0.1, -0.05) is 38.5 Å². The third-order valence-electron chi connectivity index (χ3n) is 5.60. The van der Waals surface area contributed by atoms with Crippen LogP contribution in [0.15, 0.2) is 24.3 Å². The molecule has 1 aliphatic rings. The van der Waals surface area contributed by atoms with Crippen LogP contribution in [-0.2, 0) is 6.42 Å². The highest BCUT2D eigenvalue weighted by Gasteiger charge is 2.28. The molecule has 1 saturated carbocycles. The predicted octanol–water partition coefficient (Wildman–Crippen LogP) is 6.83. The van der Waals surface area contributed by atoms with Crippen molar-refractivity contribution in [2.45, 2.75) is 64.9 Å². The van der Waals surface area contributed by atoms with Crippen molar-refractivity contribution in [1.29, 1.82) is 0 Å². The first kappa shape index (κ1) is 18.1. The average Bonchev–Trinajstić information content (AvgIpc) is 2.61. The van der Waals surface area contributed by atoms with E-state index in [2.05, 4.69) is 6.92 Å². The van der Waals surface area contributed by atoms with E-state index in [9.17, 15) is 8.78 Å². The van der Waals surface area contributed by atoms with Gasteiger partial charge in [-0.05, 0) is 61.0 Å². The molecule has 1 aliphatic carbocycles. The van der Waals surface area contributed by atoms with Gasteiger partial charge in [-0.15, -0.1) is 0 Å². The van der Waals surface area contributed by atoms with Crippen LogP contribution in [0, 0.1) is 11.7 Å². The maximum Gasteiger partial charge on any atom is 0.387 e. The number of alkyl halides is 2. The molecule has 3 rings (SSSR count). The zero-order chi connectivity index (χ0) is 18.0. The second kappa shape index (κ2) is 7.67. The van der Waals surface area contributed by atoms with E-state index < -0.39 is 12.4 Å². The Kier molecular flexibility index (Phi) is 5.55. The molecule has 1 nitrogen and oxygen atoms in total. The maximum atomic E-state index is 15.3. The quantitative estimate of drug-likeness (QED) is 0.574. The number of halogens is 3. The summed E-state index contributed by atoms with van der Waals surface area (Å²) < 4.78 is 45.8. The molecular formula is C21H25F3O. The van der Waals surface area contributed by atoms with Gasteiger partial charge in [0, 0.05) is 10.9 Å². The van der Waals surface area contributed by atoms with Crippen molar-refractivity contribution in [3.8, 4) is 5.75 Å². The smallest absolute Gasteiger partial charge is 0.387 e. The summed E-state index contributed by atoms with van der Waals surface area (Å²) in [5, 5.41) is 1.12. The summed E-state index contributed by atoms with van der Waals surface area (Å²) in [7, 11) is 0. The van der Waals surface area contributed by atoms with Crippen molar-refractivity contribution in [3.05, 3.63) is 41.2 Å². The summed E-state index contributed by atoms with van der Waals surface area (Å²) >= 11 is 0. The van der Waals surface area contributed by atoms with Crippen molar-refractivity contribution in [3.63, 3.8) is 0 Å². The van der Waals surface area contributed by atoms with E-state index in [0.717, 1.165) is 44.1 Å². The van der Waals surface area contributed by atoms with Gasteiger partial charge in [-0.25, -0.2) is 4.39 Å². The summed E-state index contributed by atoms with van der Waals surface area (Å²) in [6, 6.07) is 7.10. The van der Waals surface area contributed by atoms with Crippen molar-refractivity contribution >= 4 is 10.8 Å². The molecule has 0 aromatic heterocycles. The molecule has 0 heterocycles. The molecule has 2 aromatic rings. The minimum atomic E-state index is -2.95. The van der Waals surface area contributed by atoms with E-state index in [4.69, 9.17) is 4.74 Å². The number of rotatable bonds is 5. The lowest BCUT2D eigenvalue weighted by Crippen LogP contribution is -2.16. The van der Waals surface area contributed by atoms with Crippen LogP contribution in [0.4, 0.5) is 13.2 Å². The van der Waals surface area contributed by atoms with Crippen molar-refractivity contribution in [1.82, 2.24) is 0 Å². The van der Waals surface area contributed by atoms with Crippen LogP contribution in [-0.4, -0.2) is 6.61 Å². The Labute approximate surface area is 147 Å². The van der Waals surface area contributed by atoms with Gasteiger partial charge in [-0.3, -0.25) is 0 Å². The molecule has 4 heteroatoms. The third kappa shape index (κ3) is 3.78. The molecule has 1 fully saturated rings. The highest BCUT2D eigenvalue weighted by atomic mass is 19.3. The van der Waals surface area contributed by atoms with Crippen molar-refractivity contribution in [2.24, 2.45) is 5.92 Å². The van der Waals surface area contributed by atoms with Gasteiger partial charge in [-0.2, -0.15) is 8.78 Å². The van der Waals surface area contributed by atoms with E-state index in [-0.39, 0.29) is 11.7 Å². The van der Waals surface area contributed by atoms with Gasteiger partial charge in [0.05, 0.1) is 0 Å². The lowest BCUT2D eigenvalue weighted by Gasteiger charge is -2.29. The minimum Gasteiger partial charge on any atom is -0.434 e. The van der Waals surface area contributed by atoms with E-state index in [1.54, 1.807) is 12.1 Å². The lowest BCUT2D eigenvalue weighted by molar-refractivity contribution is -0.0508. The summed E-state index contributed by atoms with van der Waals surface area (Å²) in [4.78, 5) is 0. The summed E-state index contributed by atoms with van der Waals surface area (Å²) in [6.45, 7) is 1.23. The van der Waals surface area contributed by atoms with Gasteiger partial charge in [0.25, 0.3) is 0 Å². The second-order valence-electron chi connectivity index (χ2n) is 7.02. The van der Waals surface area contributed by atoms with Crippen molar-refractivity contribution in [2.75, 3.05) is 0 Å². The zero-order valence-corrected chi connectivity index (χ0v) is 14.8. The Bertz CT molecular complexity index is 733. The fraction of sp³-hybridized carbons (Fsp3) is 0.524. The minimum absolute atomic E-state index is 0.00759. The largest absolute Gasteiger partial charge is 0.434 e. The van der Waals surface area contributed by atoms with Gasteiger partial charge in [0.15, 0.2) is 0 Å². The summed E-state index contributed by atoms with van der Waals surface area (Å²) in [5.74, 6) is 0.224. The Morgan fingerprint density at radius 1 is 1.08 bits per heavy atom. The van der Waals surface area contributed by atoms with Crippen LogP contribution in [0.2, 0.25) is 0 Å². The molecule has 0 aliphatic heterocycles. The number of aryl methyl sites for hydroxylation is 1. The highest BCUT2D eigenvalue weighted by molar-refractivity contribution is 5.86. The third-order valence-corrected chi connectivity index (χ3v) is 5.60. The SMILES string of the molecule is CCc1ccc2c(F)c(C3CCC(CC)CC3)c(OC(F)F)cc2c1. The molecule has 0 bridgehead atoms. The van der Waals surface area contributed by atoms with Crippen LogP contribution in [0.25, 0.3) is 10.8 Å². The molecule has 0 N–H and O–H groups in total. The molecule has 25 heavy (non-hydrogen) atoms. The maximum absolute atomic E-state index is 15.3. The fourth-order valence-electron chi connectivity index (χ4n) is 4.06. The van der Waals surface area contributed by atoms with Crippen LogP contribution in [0.5, 0.6) is 5.75 Å². The normalized spacial score (nSPS) is 21.0. The van der Waals surface area contributed by atoms with Crippen LogP contribution in [0.3, 0.4) is 0 Å². The van der Waals surface area contributed by atoms with Crippen LogP contribution < -0.4 is 4.74 Å². The van der Waals surface area contributed by atoms with E-state index >= 15 is 4.39 Å². The Balaban J connectivity index is 2.06. The fourth-order valence-corrected chi connectivity index (χ4v) is 4.06. The molecule has 0 amide bonds. The molecule has 2 aromatic carbocycles. The van der Waals surface area contributed by atoms with Gasteiger partial charge < -0.3 is 4.74 Å². The Morgan fingerprint density at radius 2 is 1.80 bits per heavy atom. The first-order valence-electron chi connectivity index (χ1n) is 9.23. The number of ether oxygens (including phenoxy) is 1. The predicted molar refractivity (Wildman–Crippen MR) is 94.9 cm³/mol. The molecule has 0 radical (unpaired) electrons. The van der Waals surface area contributed by atoms with Gasteiger partial charge in [0.2, 0.25) is 0 Å². The molecule has 0 unspecified atom stereocenters. The summed E-state index contributed by atoms with van der Waals surface area (Å²) in [5.41, 5.74) is 1.39. The molecular weight excluding hydrogens is 325 g/mol. The number of hydrogen-bond acceptors (Lipinski definition) is 1. The molecule has 0 atom stereocenters. The monoisotopic (exact) mass is 350 g/mol. The number of hydrogen-bond donors (Lipinski definition) is 0. The first-order chi connectivity index (χ1) is 12.0. The molecule has 0 spiro atoms. The second-order valence-corrected chi connectivity index (χ2v) is 7.02. The van der Waals surface area contributed by atoms with Crippen LogP contribution in [0.1, 0.15) is 63.0 Å². The number of fused-ring (bicyclic) bond motifs is 1. The standard InChI is InChI=1S/C21H25F3O/c1-3-13-5-8-15(9-6-13)19-18(25-21(23)24)12-16-11-14(4-2)7-10-17(16)20(19)22/h7,10-13,15,21H,3-6,8-9H2,1-2H3. The summed E-state index contributed by atoms with van der Waals surface area (Å²) in [6.07, 6.45) is 5.61. The Hall–Kier alpha value is -1.71. The Morgan fingerprint density at radius 3 is 2.40 bits per heavy atom. The molecule has 0 saturated heterocycles. The lowest BCUT2D eigenvalue weighted by atomic mass is 9.77. The van der Waals surface area contributed by atoms with Gasteiger partial charge >= 0.3 is 6.61 Å². The van der Waals surface area contributed by atoms with Gasteiger partial charge in [0.1, 0.15) is 11.6 Å². The van der Waals surface area contributed by atoms with E-state index in [0.29, 0.717) is 22.3 Å². The highest BCUT2D eigenvalue weighted by Crippen LogP contribution is 2.44. The molecule has 136 valence electrons. The van der Waals surface area contributed by atoms with Crippen LogP contribution >= 0.6 is 0 Å². The topological polar surface area (TPSA) is 9.23 Å². The first-order valence-corrected chi connectivity index (χ1v) is 9.23. The van der Waals surface area contributed by atoms with E-state index in [1.807, 2.05) is 19.1 Å². The van der Waals surface area contributed by atoms with Crippen molar-refractivity contribution < 1.29 is 17.9 Å². The number of benzene rings is 2. The average molecular weight is 350 g/mol. The zero-order valence-electron chi connectivity index (χ0n) is 14.8. The van der Waals surface area contributed by atoms with E-state index in [1.165, 1.54) is 0 Å².